The van der Waals surface area contributed by atoms with Crippen LogP contribution in [0.25, 0.3) is 11.3 Å². The second-order valence-corrected chi connectivity index (χ2v) is 10.0. The van der Waals surface area contributed by atoms with Crippen molar-refractivity contribution in [2.75, 3.05) is 5.01 Å². The van der Waals surface area contributed by atoms with Crippen molar-refractivity contribution in [2.45, 2.75) is 42.8 Å². The maximum atomic E-state index is 12.8. The molecule has 1 N–H and O–H groups in total. The zero-order valence-corrected chi connectivity index (χ0v) is 17.6. The van der Waals surface area contributed by atoms with Crippen LogP contribution in [0.3, 0.4) is 0 Å². The van der Waals surface area contributed by atoms with Crippen molar-refractivity contribution >= 4 is 27.7 Å². The van der Waals surface area contributed by atoms with E-state index in [-0.39, 0.29) is 5.54 Å². The molecule has 32 heavy (non-hydrogen) atoms. The molecular formula is C19H14ClF3N2O6S. The standard InChI is InChI=1S/C19H14ClF3N2O6S/c20-12-5-9-10(6-16(12)31-32(29,30)19(21,22)23)13-1-2-18(3-4-18)25(13)24-8-11(17(27)28)15(26)7-14(9)24/h5-8,13H,1-4H2,(H,27,28)/t13-/m1/s1. The third kappa shape index (κ3) is 2.92. The van der Waals surface area contributed by atoms with Gasteiger partial charge in [-0.05, 0) is 43.4 Å². The Bertz CT molecular complexity index is 1350. The van der Waals surface area contributed by atoms with Crippen LogP contribution in [0.1, 0.15) is 47.6 Å². The Morgan fingerprint density at radius 1 is 1.22 bits per heavy atom. The fourth-order valence-electron chi connectivity index (χ4n) is 4.62. The molecule has 1 atom stereocenters. The zero-order valence-electron chi connectivity index (χ0n) is 16.0. The summed E-state index contributed by atoms with van der Waals surface area (Å²) < 4.78 is 67.3. The Morgan fingerprint density at radius 2 is 1.91 bits per heavy atom. The Hall–Kier alpha value is -2.73. The molecule has 1 aromatic heterocycles. The van der Waals surface area contributed by atoms with E-state index >= 15 is 0 Å². The highest BCUT2D eigenvalue weighted by Crippen LogP contribution is 2.58. The van der Waals surface area contributed by atoms with Crippen molar-refractivity contribution in [1.29, 1.82) is 0 Å². The van der Waals surface area contributed by atoms with Crippen LogP contribution in [0.4, 0.5) is 13.2 Å². The number of fused-ring (bicyclic) bond motifs is 7. The van der Waals surface area contributed by atoms with Gasteiger partial charge in [-0.1, -0.05) is 11.6 Å². The highest BCUT2D eigenvalue weighted by molar-refractivity contribution is 7.88. The number of hydrogen-bond donors (Lipinski definition) is 1. The predicted molar refractivity (Wildman–Crippen MR) is 106 cm³/mol. The summed E-state index contributed by atoms with van der Waals surface area (Å²) in [5, 5.41) is 10.9. The minimum atomic E-state index is -5.93. The third-order valence-corrected chi connectivity index (χ3v) is 7.47. The van der Waals surface area contributed by atoms with Gasteiger partial charge < -0.3 is 9.29 Å². The van der Waals surface area contributed by atoms with Gasteiger partial charge in [0.2, 0.25) is 0 Å². The van der Waals surface area contributed by atoms with Crippen molar-refractivity contribution in [1.82, 2.24) is 4.68 Å². The lowest BCUT2D eigenvalue weighted by atomic mass is 9.94. The van der Waals surface area contributed by atoms with Gasteiger partial charge in [0, 0.05) is 17.8 Å². The Kier molecular flexibility index (Phi) is 4.23. The van der Waals surface area contributed by atoms with Gasteiger partial charge in [-0.3, -0.25) is 14.5 Å². The molecule has 2 aromatic rings. The number of benzene rings is 1. The Morgan fingerprint density at radius 3 is 2.50 bits per heavy atom. The van der Waals surface area contributed by atoms with Crippen molar-refractivity contribution in [3.8, 4) is 17.0 Å². The fraction of sp³-hybridized carbons (Fsp3) is 0.368. The van der Waals surface area contributed by atoms with Crippen LogP contribution in [0, 0.1) is 0 Å². The maximum Gasteiger partial charge on any atom is 0.534 e. The summed E-state index contributed by atoms with van der Waals surface area (Å²) in [6.45, 7) is 0. The molecule has 1 spiro atoms. The van der Waals surface area contributed by atoms with E-state index in [1.165, 1.54) is 12.3 Å². The Labute approximate surface area is 183 Å². The van der Waals surface area contributed by atoms with Crippen LogP contribution in [0.5, 0.6) is 5.75 Å². The van der Waals surface area contributed by atoms with E-state index in [9.17, 15) is 36.3 Å². The number of nitrogens with zero attached hydrogens (tertiary/aromatic N) is 2. The van der Waals surface area contributed by atoms with Gasteiger partial charge >= 0.3 is 21.6 Å². The molecule has 3 aliphatic rings. The molecule has 2 fully saturated rings. The van der Waals surface area contributed by atoms with E-state index in [0.29, 0.717) is 23.2 Å². The van der Waals surface area contributed by atoms with Crippen molar-refractivity contribution < 1.29 is 35.7 Å². The summed E-state index contributed by atoms with van der Waals surface area (Å²) >= 11 is 6.06. The summed E-state index contributed by atoms with van der Waals surface area (Å²) in [6, 6.07) is 3.13. The minimum Gasteiger partial charge on any atom is -0.477 e. The highest BCUT2D eigenvalue weighted by atomic mass is 35.5. The highest BCUT2D eigenvalue weighted by Gasteiger charge is 2.57. The van der Waals surface area contributed by atoms with Crippen molar-refractivity contribution in [2.24, 2.45) is 0 Å². The molecule has 0 bridgehead atoms. The quantitative estimate of drug-likeness (QED) is 0.519. The number of carboxylic acid groups (broad SMARTS) is 1. The fourth-order valence-corrected chi connectivity index (χ4v) is 5.34. The topological polar surface area (TPSA) is 106 Å². The SMILES string of the molecule is O=C(O)c1cn2c(cc1=O)-c1cc(Cl)c(OS(=O)(=O)C(F)(F)F)cc1[C@H]1CCC3(CC3)N12. The Balaban J connectivity index is 1.72. The van der Waals surface area contributed by atoms with Gasteiger partial charge in [0.05, 0.1) is 22.3 Å². The van der Waals surface area contributed by atoms with Gasteiger partial charge in [0.25, 0.3) is 0 Å². The second kappa shape index (κ2) is 6.41. The molecule has 170 valence electrons. The summed E-state index contributed by atoms with van der Waals surface area (Å²) in [5.41, 5.74) is -5.90. The first-order chi connectivity index (χ1) is 14.8. The largest absolute Gasteiger partial charge is 0.534 e. The van der Waals surface area contributed by atoms with Crippen molar-refractivity contribution in [3.63, 3.8) is 0 Å². The molecule has 3 heterocycles. The van der Waals surface area contributed by atoms with Gasteiger partial charge in [-0.15, -0.1) is 0 Å². The van der Waals surface area contributed by atoms with Gasteiger partial charge in [0.15, 0.2) is 11.2 Å². The summed E-state index contributed by atoms with van der Waals surface area (Å²) in [4.78, 5) is 23.9. The monoisotopic (exact) mass is 490 g/mol. The number of hydrogen-bond acceptors (Lipinski definition) is 6. The lowest BCUT2D eigenvalue weighted by molar-refractivity contribution is -0.0500. The van der Waals surface area contributed by atoms with Gasteiger partial charge in [0.1, 0.15) is 5.56 Å². The molecule has 1 aliphatic carbocycles. The number of carboxylic acids is 1. The van der Waals surface area contributed by atoms with Crippen LogP contribution >= 0.6 is 11.6 Å². The van der Waals surface area contributed by atoms with E-state index in [1.807, 2.05) is 5.01 Å². The molecule has 0 radical (unpaired) electrons. The van der Waals surface area contributed by atoms with E-state index in [2.05, 4.69) is 4.18 Å². The molecule has 13 heteroatoms. The number of alkyl halides is 3. The summed E-state index contributed by atoms with van der Waals surface area (Å²) in [7, 11) is -5.93. The lowest BCUT2D eigenvalue weighted by Gasteiger charge is -2.41. The summed E-state index contributed by atoms with van der Waals surface area (Å²) in [5.74, 6) is -2.05. The average molecular weight is 491 g/mol. The molecule has 5 rings (SSSR count). The average Bonchev–Trinajstić information content (AvgIpc) is 3.35. The van der Waals surface area contributed by atoms with Crippen LogP contribution in [0.2, 0.25) is 5.02 Å². The summed E-state index contributed by atoms with van der Waals surface area (Å²) in [6.07, 6.45) is 4.23. The van der Waals surface area contributed by atoms with Crippen LogP contribution in [-0.4, -0.2) is 35.2 Å². The normalized spacial score (nSPS) is 20.5. The number of halogens is 4. The minimum absolute atomic E-state index is 0.263. The first kappa shape index (κ1) is 21.1. The molecule has 1 saturated carbocycles. The lowest BCUT2D eigenvalue weighted by Crippen LogP contribution is -2.46. The number of pyridine rings is 1. The first-order valence-corrected chi connectivity index (χ1v) is 11.3. The second-order valence-electron chi connectivity index (χ2n) is 8.06. The molecule has 0 amide bonds. The van der Waals surface area contributed by atoms with E-state index in [0.717, 1.165) is 31.4 Å². The van der Waals surface area contributed by atoms with Crippen LogP contribution in [0.15, 0.2) is 29.2 Å². The molecule has 1 saturated heterocycles. The molecule has 0 unspecified atom stereocenters. The zero-order chi connectivity index (χ0) is 23.2. The van der Waals surface area contributed by atoms with Crippen molar-refractivity contribution in [3.05, 3.63) is 50.8 Å². The maximum absolute atomic E-state index is 12.8. The predicted octanol–water partition coefficient (Wildman–Crippen LogP) is 3.41. The molecule has 1 aromatic carbocycles. The first-order valence-electron chi connectivity index (χ1n) is 9.49. The molecule has 2 aliphatic heterocycles. The number of carbonyl (C=O) groups is 1. The van der Waals surface area contributed by atoms with Gasteiger partial charge in [-0.2, -0.15) is 21.6 Å². The third-order valence-electron chi connectivity index (χ3n) is 6.21. The van der Waals surface area contributed by atoms with E-state index in [1.54, 1.807) is 4.68 Å². The molecular weight excluding hydrogens is 477 g/mol. The number of aromatic carboxylic acids is 1. The van der Waals surface area contributed by atoms with Crippen LogP contribution < -0.4 is 14.6 Å². The number of rotatable bonds is 3. The van der Waals surface area contributed by atoms with E-state index in [4.69, 9.17) is 11.6 Å². The number of aromatic nitrogens is 1. The smallest absolute Gasteiger partial charge is 0.477 e. The van der Waals surface area contributed by atoms with E-state index < -0.39 is 49.4 Å². The molecule has 8 nitrogen and oxygen atoms in total. The van der Waals surface area contributed by atoms with Gasteiger partial charge in [-0.25, -0.2) is 4.79 Å². The van der Waals surface area contributed by atoms with Crippen LogP contribution in [-0.2, 0) is 10.1 Å².